The summed E-state index contributed by atoms with van der Waals surface area (Å²) in [6, 6.07) is 11.9. The number of hydrogen-bond donors (Lipinski definition) is 1. The Morgan fingerprint density at radius 2 is 1.95 bits per heavy atom. The highest BCUT2D eigenvalue weighted by Gasteiger charge is 2.20. The molecule has 0 amide bonds. The first-order valence-corrected chi connectivity index (χ1v) is 7.54. The molecule has 0 fully saturated rings. The Bertz CT molecular complexity index is 660. The lowest BCUT2D eigenvalue weighted by Gasteiger charge is -2.14. The van der Waals surface area contributed by atoms with Crippen LogP contribution in [0.5, 0.6) is 0 Å². The SMILES string of the molecule is O=C(O)C(Cc1ccc(Cl)c(F)c1)Cc1ccccc1Br. The summed E-state index contributed by atoms with van der Waals surface area (Å²) < 4.78 is 14.3. The third kappa shape index (κ3) is 4.29. The molecule has 1 atom stereocenters. The lowest BCUT2D eigenvalue weighted by Crippen LogP contribution is -2.19. The number of halogens is 3. The smallest absolute Gasteiger partial charge is 0.307 e. The van der Waals surface area contributed by atoms with Crippen LogP contribution in [0.3, 0.4) is 0 Å². The molecule has 0 spiro atoms. The Balaban J connectivity index is 2.18. The van der Waals surface area contributed by atoms with E-state index in [0.717, 1.165) is 10.0 Å². The molecule has 110 valence electrons. The van der Waals surface area contributed by atoms with Crippen LogP contribution in [-0.2, 0) is 17.6 Å². The molecular formula is C16H13BrClFO2. The van der Waals surface area contributed by atoms with Gasteiger partial charge in [-0.15, -0.1) is 0 Å². The van der Waals surface area contributed by atoms with Crippen LogP contribution in [0.15, 0.2) is 46.9 Å². The molecule has 2 aromatic rings. The van der Waals surface area contributed by atoms with Gasteiger partial charge in [0.05, 0.1) is 10.9 Å². The Morgan fingerprint density at radius 1 is 1.24 bits per heavy atom. The molecular weight excluding hydrogens is 359 g/mol. The van der Waals surface area contributed by atoms with E-state index in [1.807, 2.05) is 24.3 Å². The van der Waals surface area contributed by atoms with Gasteiger partial charge >= 0.3 is 5.97 Å². The summed E-state index contributed by atoms with van der Waals surface area (Å²) in [5.74, 6) is -2.05. The van der Waals surface area contributed by atoms with E-state index in [9.17, 15) is 14.3 Å². The summed E-state index contributed by atoms with van der Waals surface area (Å²) in [5.41, 5.74) is 1.54. The highest BCUT2D eigenvalue weighted by atomic mass is 79.9. The summed E-state index contributed by atoms with van der Waals surface area (Å²) in [6.45, 7) is 0. The van der Waals surface area contributed by atoms with Gasteiger partial charge in [-0.25, -0.2) is 4.39 Å². The van der Waals surface area contributed by atoms with Gasteiger partial charge < -0.3 is 5.11 Å². The molecule has 1 unspecified atom stereocenters. The van der Waals surface area contributed by atoms with Crippen molar-refractivity contribution in [1.29, 1.82) is 0 Å². The maximum Gasteiger partial charge on any atom is 0.307 e. The van der Waals surface area contributed by atoms with E-state index in [1.165, 1.54) is 12.1 Å². The van der Waals surface area contributed by atoms with Gasteiger partial charge in [-0.2, -0.15) is 0 Å². The number of hydrogen-bond acceptors (Lipinski definition) is 1. The molecule has 0 bridgehead atoms. The zero-order chi connectivity index (χ0) is 15.4. The van der Waals surface area contributed by atoms with Gasteiger partial charge in [-0.3, -0.25) is 4.79 Å². The van der Waals surface area contributed by atoms with Crippen molar-refractivity contribution in [3.8, 4) is 0 Å². The van der Waals surface area contributed by atoms with Gasteiger partial charge in [0.25, 0.3) is 0 Å². The van der Waals surface area contributed by atoms with Crippen molar-refractivity contribution in [2.75, 3.05) is 0 Å². The fourth-order valence-electron chi connectivity index (χ4n) is 2.13. The molecule has 0 saturated carbocycles. The lowest BCUT2D eigenvalue weighted by atomic mass is 9.92. The Kier molecular flexibility index (Phi) is 5.37. The number of carboxylic acids is 1. The second-order valence-electron chi connectivity index (χ2n) is 4.78. The molecule has 0 aliphatic heterocycles. The molecule has 0 heterocycles. The monoisotopic (exact) mass is 370 g/mol. The van der Waals surface area contributed by atoms with Crippen LogP contribution in [0, 0.1) is 11.7 Å². The van der Waals surface area contributed by atoms with Crippen LogP contribution < -0.4 is 0 Å². The number of benzene rings is 2. The number of rotatable bonds is 5. The van der Waals surface area contributed by atoms with Crippen LogP contribution in [0.25, 0.3) is 0 Å². The summed E-state index contributed by atoms with van der Waals surface area (Å²) in [6.07, 6.45) is 0.631. The fraction of sp³-hybridized carbons (Fsp3) is 0.188. The number of aliphatic carboxylic acids is 1. The molecule has 0 radical (unpaired) electrons. The molecule has 2 aromatic carbocycles. The van der Waals surface area contributed by atoms with E-state index in [-0.39, 0.29) is 11.4 Å². The Morgan fingerprint density at radius 3 is 2.57 bits per heavy atom. The van der Waals surface area contributed by atoms with E-state index in [2.05, 4.69) is 15.9 Å². The van der Waals surface area contributed by atoms with E-state index in [4.69, 9.17) is 11.6 Å². The molecule has 0 aliphatic rings. The van der Waals surface area contributed by atoms with Crippen molar-refractivity contribution in [2.24, 2.45) is 5.92 Å². The maximum atomic E-state index is 13.4. The Labute approximate surface area is 135 Å². The summed E-state index contributed by atoms with van der Waals surface area (Å²) >= 11 is 9.04. The van der Waals surface area contributed by atoms with Crippen LogP contribution >= 0.6 is 27.5 Å². The highest BCUT2D eigenvalue weighted by molar-refractivity contribution is 9.10. The maximum absolute atomic E-state index is 13.4. The second kappa shape index (κ2) is 7.05. The van der Waals surface area contributed by atoms with Gasteiger partial charge in [0.1, 0.15) is 5.82 Å². The standard InChI is InChI=1S/C16H13BrClFO2/c17-13-4-2-1-3-11(13)9-12(16(20)21)7-10-5-6-14(18)15(19)8-10/h1-6,8,12H,7,9H2,(H,20,21). The molecule has 5 heteroatoms. The van der Waals surface area contributed by atoms with Crippen molar-refractivity contribution in [2.45, 2.75) is 12.8 Å². The van der Waals surface area contributed by atoms with E-state index < -0.39 is 17.7 Å². The third-order valence-electron chi connectivity index (χ3n) is 3.24. The molecule has 0 aromatic heterocycles. The first-order valence-electron chi connectivity index (χ1n) is 6.37. The second-order valence-corrected chi connectivity index (χ2v) is 6.04. The van der Waals surface area contributed by atoms with E-state index >= 15 is 0 Å². The van der Waals surface area contributed by atoms with Crippen LogP contribution in [0.2, 0.25) is 5.02 Å². The average Bonchev–Trinajstić information content (AvgIpc) is 2.44. The fourth-order valence-corrected chi connectivity index (χ4v) is 2.69. The van der Waals surface area contributed by atoms with Gasteiger partial charge in [0, 0.05) is 4.47 Å². The van der Waals surface area contributed by atoms with Crippen LogP contribution in [0.1, 0.15) is 11.1 Å². The summed E-state index contributed by atoms with van der Waals surface area (Å²) in [4.78, 5) is 11.4. The first kappa shape index (κ1) is 16.0. The minimum Gasteiger partial charge on any atom is -0.481 e. The molecule has 1 N–H and O–H groups in total. The van der Waals surface area contributed by atoms with Gasteiger partial charge in [-0.05, 0) is 42.2 Å². The minimum absolute atomic E-state index is 0.0384. The molecule has 2 rings (SSSR count). The molecule has 21 heavy (non-hydrogen) atoms. The van der Waals surface area contributed by atoms with Crippen LogP contribution in [-0.4, -0.2) is 11.1 Å². The first-order chi connectivity index (χ1) is 9.97. The Hall–Kier alpha value is -1.39. The van der Waals surface area contributed by atoms with E-state index in [0.29, 0.717) is 12.0 Å². The zero-order valence-corrected chi connectivity index (χ0v) is 13.4. The lowest BCUT2D eigenvalue weighted by molar-refractivity contribution is -0.141. The third-order valence-corrected chi connectivity index (χ3v) is 4.32. The van der Waals surface area contributed by atoms with Crippen molar-refractivity contribution in [3.63, 3.8) is 0 Å². The van der Waals surface area contributed by atoms with Gasteiger partial charge in [0.15, 0.2) is 0 Å². The van der Waals surface area contributed by atoms with Crippen molar-refractivity contribution < 1.29 is 14.3 Å². The van der Waals surface area contributed by atoms with Crippen molar-refractivity contribution in [3.05, 3.63) is 68.9 Å². The van der Waals surface area contributed by atoms with Gasteiger partial charge in [-0.1, -0.05) is 51.8 Å². The number of carbonyl (C=O) groups is 1. The normalized spacial score (nSPS) is 12.1. The molecule has 0 aliphatic carbocycles. The summed E-state index contributed by atoms with van der Waals surface area (Å²) in [5, 5.41) is 9.41. The molecule has 0 saturated heterocycles. The zero-order valence-electron chi connectivity index (χ0n) is 11.0. The van der Waals surface area contributed by atoms with Crippen LogP contribution in [0.4, 0.5) is 4.39 Å². The molecule has 2 nitrogen and oxygen atoms in total. The summed E-state index contributed by atoms with van der Waals surface area (Å²) in [7, 11) is 0. The largest absolute Gasteiger partial charge is 0.481 e. The van der Waals surface area contributed by atoms with Crippen molar-refractivity contribution >= 4 is 33.5 Å². The average molecular weight is 372 g/mol. The van der Waals surface area contributed by atoms with E-state index in [1.54, 1.807) is 6.07 Å². The quantitative estimate of drug-likeness (QED) is 0.825. The van der Waals surface area contributed by atoms with Gasteiger partial charge in [0.2, 0.25) is 0 Å². The predicted molar refractivity (Wildman–Crippen MR) is 84.1 cm³/mol. The number of carboxylic acid groups (broad SMARTS) is 1. The van der Waals surface area contributed by atoms with Crippen molar-refractivity contribution in [1.82, 2.24) is 0 Å². The minimum atomic E-state index is -0.902. The topological polar surface area (TPSA) is 37.3 Å². The predicted octanol–water partition coefficient (Wildman–Crippen LogP) is 4.73. The highest BCUT2D eigenvalue weighted by Crippen LogP contribution is 2.23.